The zero-order chi connectivity index (χ0) is 18.1. The number of halogens is 1. The van der Waals surface area contributed by atoms with Gasteiger partial charge in [0.05, 0.1) is 23.5 Å². The van der Waals surface area contributed by atoms with E-state index in [1.807, 2.05) is 53.2 Å². The third kappa shape index (κ3) is 3.12. The summed E-state index contributed by atoms with van der Waals surface area (Å²) in [5.74, 6) is -0.270. The number of esters is 1. The van der Waals surface area contributed by atoms with Crippen LogP contribution in [0.5, 0.6) is 0 Å². The van der Waals surface area contributed by atoms with Crippen LogP contribution in [0.3, 0.4) is 0 Å². The molecule has 0 aliphatic carbocycles. The van der Waals surface area contributed by atoms with E-state index in [1.165, 1.54) is 7.11 Å². The molecule has 0 bridgehead atoms. The number of nitrogen functional groups attached to an aromatic ring is 1. The van der Waals surface area contributed by atoms with Crippen LogP contribution in [-0.2, 0) is 16.0 Å². The van der Waals surface area contributed by atoms with E-state index in [2.05, 4.69) is 0 Å². The molecule has 0 spiro atoms. The van der Waals surface area contributed by atoms with Crippen LogP contribution >= 0.6 is 24.2 Å². The first-order chi connectivity index (χ1) is 12.0. The highest BCUT2D eigenvalue weighted by Crippen LogP contribution is 2.49. The van der Waals surface area contributed by atoms with Crippen molar-refractivity contribution in [3.05, 3.63) is 47.0 Å². The number of nitrogens with zero attached hydrogens (tertiary/aromatic N) is 2. The third-order valence-corrected chi connectivity index (χ3v) is 5.30. The Morgan fingerprint density at radius 3 is 2.68 bits per heavy atom. The van der Waals surface area contributed by atoms with Gasteiger partial charge in [-0.05, 0) is 36.2 Å². The summed E-state index contributed by atoms with van der Waals surface area (Å²) >= 11 is 11.2. The van der Waals surface area contributed by atoms with Crippen molar-refractivity contribution in [3.63, 3.8) is 0 Å². The number of anilines is 4. The highest BCUT2D eigenvalue weighted by atomic mass is 35.5. The van der Waals surface area contributed by atoms with Crippen LogP contribution in [0.1, 0.15) is 12.0 Å². The van der Waals surface area contributed by atoms with Crippen LogP contribution in [0.2, 0.25) is 5.02 Å². The van der Waals surface area contributed by atoms with Gasteiger partial charge in [-0.25, -0.2) is 0 Å². The Morgan fingerprint density at radius 2 is 1.96 bits per heavy atom. The highest BCUT2D eigenvalue weighted by molar-refractivity contribution is 7.81. The van der Waals surface area contributed by atoms with E-state index in [1.54, 1.807) is 0 Å². The van der Waals surface area contributed by atoms with E-state index >= 15 is 0 Å². The zero-order valence-corrected chi connectivity index (χ0v) is 15.7. The van der Waals surface area contributed by atoms with Crippen LogP contribution in [0.15, 0.2) is 36.4 Å². The van der Waals surface area contributed by atoms with Gasteiger partial charge in [0.25, 0.3) is 0 Å². The summed E-state index contributed by atoms with van der Waals surface area (Å²) in [4.78, 5) is 15.7. The molecule has 2 N–H and O–H groups in total. The minimum atomic E-state index is -0.270. The highest BCUT2D eigenvalue weighted by Gasteiger charge is 2.35. The molecule has 5 nitrogen and oxygen atoms in total. The first kappa shape index (κ1) is 17.8. The van der Waals surface area contributed by atoms with Gasteiger partial charge >= 0.3 is 5.97 Å². The molecule has 132 valence electrons. The number of nitrogens with two attached hydrogens (primary N) is 1. The van der Waals surface area contributed by atoms with Gasteiger partial charge in [0.2, 0.25) is 0 Å². The molecule has 1 heterocycles. The lowest BCUT2D eigenvalue weighted by molar-refractivity contribution is -0.140. The van der Waals surface area contributed by atoms with Gasteiger partial charge in [0, 0.05) is 24.8 Å². The molecule has 1 aliphatic rings. The van der Waals surface area contributed by atoms with Crippen molar-refractivity contribution >= 4 is 52.9 Å². The molecule has 0 fully saturated rings. The largest absolute Gasteiger partial charge is 0.469 e. The summed E-state index contributed by atoms with van der Waals surface area (Å²) in [7, 11) is 3.35. The number of hydrogen-bond donors (Lipinski definition) is 2. The SMILES string of the molecule is COC(=O)CCc1c(N)cccc1N1c2c(Cl)cccc2N(C)[C@@H]1S. The minimum Gasteiger partial charge on any atom is -0.469 e. The van der Waals surface area contributed by atoms with Gasteiger partial charge < -0.3 is 20.3 Å². The quantitative estimate of drug-likeness (QED) is 0.481. The van der Waals surface area contributed by atoms with Gasteiger partial charge in [-0.3, -0.25) is 4.79 Å². The molecule has 7 heteroatoms. The lowest BCUT2D eigenvalue weighted by atomic mass is 10.0. The predicted octanol–water partition coefficient (Wildman–Crippen LogP) is 3.83. The topological polar surface area (TPSA) is 58.8 Å². The van der Waals surface area contributed by atoms with Crippen molar-refractivity contribution < 1.29 is 9.53 Å². The first-order valence-corrected chi connectivity index (χ1v) is 8.78. The van der Waals surface area contributed by atoms with Crippen molar-refractivity contribution in [3.8, 4) is 0 Å². The second kappa shape index (κ2) is 7.06. The van der Waals surface area contributed by atoms with Crippen LogP contribution in [0, 0.1) is 0 Å². The van der Waals surface area contributed by atoms with Gasteiger partial charge in [-0.1, -0.05) is 23.7 Å². The fourth-order valence-electron chi connectivity index (χ4n) is 3.10. The van der Waals surface area contributed by atoms with E-state index in [4.69, 9.17) is 34.7 Å². The summed E-state index contributed by atoms with van der Waals surface area (Å²) in [6.45, 7) is 0. The fourth-order valence-corrected chi connectivity index (χ4v) is 3.73. The molecule has 0 radical (unpaired) electrons. The number of methoxy groups -OCH3 is 1. The molecule has 0 saturated carbocycles. The number of benzene rings is 2. The van der Waals surface area contributed by atoms with Gasteiger partial charge in [0.15, 0.2) is 5.50 Å². The molecule has 0 aromatic heterocycles. The van der Waals surface area contributed by atoms with E-state index in [0.29, 0.717) is 17.1 Å². The number of fused-ring (bicyclic) bond motifs is 1. The number of rotatable bonds is 4. The van der Waals surface area contributed by atoms with E-state index in [0.717, 1.165) is 22.6 Å². The molecule has 1 atom stereocenters. The lowest BCUT2D eigenvalue weighted by Crippen LogP contribution is -2.34. The normalized spacial score (nSPS) is 16.1. The van der Waals surface area contributed by atoms with Crippen molar-refractivity contribution in [2.24, 2.45) is 0 Å². The first-order valence-electron chi connectivity index (χ1n) is 7.88. The van der Waals surface area contributed by atoms with Gasteiger partial charge in [0.1, 0.15) is 0 Å². The summed E-state index contributed by atoms with van der Waals surface area (Å²) in [6.07, 6.45) is 0.739. The van der Waals surface area contributed by atoms with Crippen molar-refractivity contribution in [1.82, 2.24) is 0 Å². The van der Waals surface area contributed by atoms with Crippen LogP contribution < -0.4 is 15.5 Å². The third-order valence-electron chi connectivity index (χ3n) is 4.42. The molecule has 0 amide bonds. The molecule has 2 aromatic rings. The Bertz CT molecular complexity index is 815. The maximum atomic E-state index is 11.6. The number of carbonyl (C=O) groups is 1. The summed E-state index contributed by atoms with van der Waals surface area (Å²) in [6, 6.07) is 11.5. The number of carbonyl (C=O) groups excluding carboxylic acids is 1. The molecule has 0 unspecified atom stereocenters. The standard InChI is InChI=1S/C18H20ClN3O2S/c1-21-15-8-3-5-12(19)17(15)22(18(21)25)14-7-4-6-13(20)11(14)9-10-16(23)24-2/h3-8,18,25H,9-10,20H2,1-2H3/t18-/m0/s1. The Labute approximate surface area is 157 Å². The second-order valence-electron chi connectivity index (χ2n) is 5.86. The summed E-state index contributed by atoms with van der Waals surface area (Å²) in [5, 5.41) is 0.641. The number of thiol groups is 1. The Balaban J connectivity index is 2.08. The maximum Gasteiger partial charge on any atom is 0.305 e. The minimum absolute atomic E-state index is 0.228. The van der Waals surface area contributed by atoms with E-state index < -0.39 is 0 Å². The Kier molecular flexibility index (Phi) is 5.01. The van der Waals surface area contributed by atoms with E-state index in [-0.39, 0.29) is 17.9 Å². The van der Waals surface area contributed by atoms with Crippen molar-refractivity contribution in [1.29, 1.82) is 0 Å². The lowest BCUT2D eigenvalue weighted by Gasteiger charge is -2.29. The molecular formula is C18H20ClN3O2S. The van der Waals surface area contributed by atoms with Crippen LogP contribution in [0.4, 0.5) is 22.7 Å². The predicted molar refractivity (Wildman–Crippen MR) is 106 cm³/mol. The van der Waals surface area contributed by atoms with Gasteiger partial charge in [-0.15, -0.1) is 12.6 Å². The van der Waals surface area contributed by atoms with E-state index in [9.17, 15) is 4.79 Å². The molecular weight excluding hydrogens is 358 g/mol. The zero-order valence-electron chi connectivity index (χ0n) is 14.1. The number of ether oxygens (including phenoxy) is 1. The van der Waals surface area contributed by atoms with Crippen molar-refractivity contribution in [2.75, 3.05) is 29.7 Å². The van der Waals surface area contributed by atoms with Crippen LogP contribution in [-0.4, -0.2) is 25.6 Å². The molecule has 3 rings (SSSR count). The number of hydrogen-bond acceptors (Lipinski definition) is 6. The Morgan fingerprint density at radius 1 is 1.28 bits per heavy atom. The average molecular weight is 378 g/mol. The summed E-state index contributed by atoms with van der Waals surface area (Å²) < 4.78 is 4.75. The molecule has 2 aromatic carbocycles. The molecule has 0 saturated heterocycles. The smallest absolute Gasteiger partial charge is 0.305 e. The maximum absolute atomic E-state index is 11.6. The molecule has 1 aliphatic heterocycles. The fraction of sp³-hybridized carbons (Fsp3) is 0.278. The molecule has 25 heavy (non-hydrogen) atoms. The van der Waals surface area contributed by atoms with Crippen molar-refractivity contribution in [2.45, 2.75) is 18.3 Å². The van der Waals surface area contributed by atoms with Gasteiger partial charge in [-0.2, -0.15) is 0 Å². The second-order valence-corrected chi connectivity index (χ2v) is 6.73. The van der Waals surface area contributed by atoms with Crippen LogP contribution in [0.25, 0.3) is 0 Å². The number of para-hydroxylation sites is 1. The summed E-state index contributed by atoms with van der Waals surface area (Å²) in [5.41, 5.74) is 10.3. The monoisotopic (exact) mass is 377 g/mol. The Hall–Kier alpha value is -2.05. The average Bonchev–Trinajstić information content (AvgIpc) is 2.86.